The van der Waals surface area contributed by atoms with Gasteiger partial charge in [-0.05, 0) is 24.8 Å². The SMILES string of the molecule is NC(=O)C1CCCN(c2ncnc(NCCc3ccccc3)c2F)C1. The van der Waals surface area contributed by atoms with Gasteiger partial charge in [0.25, 0.3) is 0 Å². The Bertz CT molecular complexity index is 725. The maximum Gasteiger partial charge on any atom is 0.222 e. The summed E-state index contributed by atoms with van der Waals surface area (Å²) in [6.45, 7) is 1.62. The second-order valence-electron chi connectivity index (χ2n) is 6.21. The zero-order valence-corrected chi connectivity index (χ0v) is 14.0. The van der Waals surface area contributed by atoms with Gasteiger partial charge < -0.3 is 16.0 Å². The van der Waals surface area contributed by atoms with Gasteiger partial charge in [0.2, 0.25) is 11.7 Å². The maximum absolute atomic E-state index is 14.8. The van der Waals surface area contributed by atoms with Crippen molar-refractivity contribution in [2.24, 2.45) is 11.7 Å². The van der Waals surface area contributed by atoms with E-state index in [9.17, 15) is 9.18 Å². The van der Waals surface area contributed by atoms with Crippen molar-refractivity contribution in [3.8, 4) is 0 Å². The number of halogens is 1. The second-order valence-corrected chi connectivity index (χ2v) is 6.21. The molecule has 0 spiro atoms. The molecule has 0 bridgehead atoms. The highest BCUT2D eigenvalue weighted by molar-refractivity contribution is 5.77. The lowest BCUT2D eigenvalue weighted by molar-refractivity contribution is -0.122. The number of primary amides is 1. The molecular weight excluding hydrogens is 321 g/mol. The number of nitrogens with zero attached hydrogens (tertiary/aromatic N) is 3. The van der Waals surface area contributed by atoms with Crippen molar-refractivity contribution in [1.82, 2.24) is 9.97 Å². The molecule has 1 aliphatic rings. The lowest BCUT2D eigenvalue weighted by Crippen LogP contribution is -2.42. The standard InChI is InChI=1S/C18H22FN5O/c19-15-17(21-9-8-13-5-2-1-3-6-13)22-12-23-18(15)24-10-4-7-14(11-24)16(20)25/h1-3,5-6,12,14H,4,7-11H2,(H2,20,25)(H,21,22,23). The third-order valence-electron chi connectivity index (χ3n) is 4.44. The average Bonchev–Trinajstić information content (AvgIpc) is 2.64. The maximum atomic E-state index is 14.8. The Hall–Kier alpha value is -2.70. The van der Waals surface area contributed by atoms with Crippen LogP contribution in [0.2, 0.25) is 0 Å². The van der Waals surface area contributed by atoms with E-state index in [0.717, 1.165) is 19.3 Å². The first kappa shape index (κ1) is 17.1. The lowest BCUT2D eigenvalue weighted by Gasteiger charge is -2.32. The third-order valence-corrected chi connectivity index (χ3v) is 4.44. The fourth-order valence-corrected chi connectivity index (χ4v) is 3.08. The van der Waals surface area contributed by atoms with Gasteiger partial charge in [-0.3, -0.25) is 4.79 Å². The predicted molar refractivity (Wildman–Crippen MR) is 94.8 cm³/mol. The minimum atomic E-state index is -0.485. The number of carbonyl (C=O) groups is 1. The van der Waals surface area contributed by atoms with Gasteiger partial charge in [-0.2, -0.15) is 4.39 Å². The van der Waals surface area contributed by atoms with E-state index in [0.29, 0.717) is 19.6 Å². The summed E-state index contributed by atoms with van der Waals surface area (Å²) < 4.78 is 14.8. The van der Waals surface area contributed by atoms with Crippen molar-refractivity contribution in [3.05, 3.63) is 48.0 Å². The van der Waals surface area contributed by atoms with Gasteiger partial charge in [-0.1, -0.05) is 30.3 Å². The summed E-state index contributed by atoms with van der Waals surface area (Å²) >= 11 is 0. The summed E-state index contributed by atoms with van der Waals surface area (Å²) in [5, 5.41) is 3.03. The van der Waals surface area contributed by atoms with Crippen LogP contribution in [0.5, 0.6) is 0 Å². The summed E-state index contributed by atoms with van der Waals surface area (Å²) in [5.41, 5.74) is 6.56. The van der Waals surface area contributed by atoms with Gasteiger partial charge in [-0.25, -0.2) is 9.97 Å². The van der Waals surface area contributed by atoms with Gasteiger partial charge in [0.15, 0.2) is 11.6 Å². The fourth-order valence-electron chi connectivity index (χ4n) is 3.08. The molecule has 1 amide bonds. The van der Waals surface area contributed by atoms with E-state index in [-0.39, 0.29) is 23.5 Å². The smallest absolute Gasteiger partial charge is 0.222 e. The predicted octanol–water partition coefficient (Wildman–Crippen LogP) is 1.97. The van der Waals surface area contributed by atoms with E-state index in [1.807, 2.05) is 30.3 Å². The van der Waals surface area contributed by atoms with Gasteiger partial charge in [0.1, 0.15) is 6.33 Å². The highest BCUT2D eigenvalue weighted by atomic mass is 19.1. The van der Waals surface area contributed by atoms with Crippen LogP contribution in [-0.4, -0.2) is 35.5 Å². The highest BCUT2D eigenvalue weighted by Crippen LogP contribution is 2.26. The number of benzene rings is 1. The van der Waals surface area contributed by atoms with Crippen molar-refractivity contribution < 1.29 is 9.18 Å². The van der Waals surface area contributed by atoms with Gasteiger partial charge in [-0.15, -0.1) is 0 Å². The summed E-state index contributed by atoms with van der Waals surface area (Å²) in [6.07, 6.45) is 3.64. The minimum Gasteiger partial charge on any atom is -0.369 e. The van der Waals surface area contributed by atoms with E-state index < -0.39 is 5.82 Å². The molecule has 1 aromatic carbocycles. The molecule has 1 saturated heterocycles. The van der Waals surface area contributed by atoms with Crippen LogP contribution in [0.25, 0.3) is 0 Å². The number of hydrogen-bond acceptors (Lipinski definition) is 5. The highest BCUT2D eigenvalue weighted by Gasteiger charge is 2.27. The van der Waals surface area contributed by atoms with Gasteiger partial charge >= 0.3 is 0 Å². The summed E-state index contributed by atoms with van der Waals surface area (Å²) in [7, 11) is 0. The number of nitrogens with two attached hydrogens (primary N) is 1. The van der Waals surface area contributed by atoms with E-state index in [1.165, 1.54) is 11.9 Å². The molecule has 3 N–H and O–H groups in total. The molecule has 2 heterocycles. The molecule has 6 nitrogen and oxygen atoms in total. The Morgan fingerprint density at radius 1 is 1.32 bits per heavy atom. The van der Waals surface area contributed by atoms with Crippen LogP contribution in [0.15, 0.2) is 36.7 Å². The van der Waals surface area contributed by atoms with Gasteiger partial charge in [0, 0.05) is 19.6 Å². The number of amides is 1. The van der Waals surface area contributed by atoms with Crippen LogP contribution in [0.1, 0.15) is 18.4 Å². The normalized spacial score (nSPS) is 17.3. The summed E-state index contributed by atoms with van der Waals surface area (Å²) in [6, 6.07) is 9.97. The second kappa shape index (κ2) is 7.92. The number of rotatable bonds is 6. The number of aromatic nitrogens is 2. The van der Waals surface area contributed by atoms with Crippen molar-refractivity contribution >= 4 is 17.5 Å². The Labute approximate surface area is 146 Å². The first-order valence-electron chi connectivity index (χ1n) is 8.47. The first-order valence-corrected chi connectivity index (χ1v) is 8.47. The first-order chi connectivity index (χ1) is 12.1. The summed E-state index contributed by atoms with van der Waals surface area (Å²) in [4.78, 5) is 21.3. The largest absolute Gasteiger partial charge is 0.369 e. The van der Waals surface area contributed by atoms with Crippen molar-refractivity contribution in [1.29, 1.82) is 0 Å². The number of piperidine rings is 1. The van der Waals surface area contributed by atoms with Crippen LogP contribution in [0.4, 0.5) is 16.0 Å². The van der Waals surface area contributed by atoms with Crippen molar-refractivity contribution in [2.75, 3.05) is 29.9 Å². The van der Waals surface area contributed by atoms with E-state index in [4.69, 9.17) is 5.73 Å². The number of anilines is 2. The molecule has 0 saturated carbocycles. The molecule has 1 unspecified atom stereocenters. The number of nitrogens with one attached hydrogen (secondary N) is 1. The molecule has 1 fully saturated rings. The zero-order chi connectivity index (χ0) is 17.6. The Morgan fingerprint density at radius 3 is 2.88 bits per heavy atom. The molecule has 0 aliphatic carbocycles. The molecule has 1 aliphatic heterocycles. The summed E-state index contributed by atoms with van der Waals surface area (Å²) in [5.74, 6) is -0.691. The minimum absolute atomic E-state index is 0.183. The van der Waals surface area contributed by atoms with E-state index in [1.54, 1.807) is 4.90 Å². The third kappa shape index (κ3) is 4.23. The molecule has 1 atom stereocenters. The Morgan fingerprint density at radius 2 is 2.12 bits per heavy atom. The lowest BCUT2D eigenvalue weighted by atomic mass is 9.97. The van der Waals surface area contributed by atoms with Crippen LogP contribution in [0.3, 0.4) is 0 Å². The molecule has 3 rings (SSSR count). The fraction of sp³-hybridized carbons (Fsp3) is 0.389. The van der Waals surface area contributed by atoms with E-state index in [2.05, 4.69) is 15.3 Å². The Kier molecular flexibility index (Phi) is 5.42. The monoisotopic (exact) mass is 343 g/mol. The molecule has 0 radical (unpaired) electrons. The zero-order valence-electron chi connectivity index (χ0n) is 14.0. The van der Waals surface area contributed by atoms with Crippen LogP contribution in [-0.2, 0) is 11.2 Å². The quantitative estimate of drug-likeness (QED) is 0.838. The van der Waals surface area contributed by atoms with Gasteiger partial charge in [0.05, 0.1) is 5.92 Å². The van der Waals surface area contributed by atoms with Crippen LogP contribution >= 0.6 is 0 Å². The topological polar surface area (TPSA) is 84.1 Å². The molecule has 132 valence electrons. The van der Waals surface area contributed by atoms with Crippen LogP contribution in [0, 0.1) is 11.7 Å². The number of hydrogen-bond donors (Lipinski definition) is 2. The molecule has 7 heteroatoms. The Balaban J connectivity index is 1.66. The molecular formula is C18H22FN5O. The van der Waals surface area contributed by atoms with Crippen molar-refractivity contribution in [3.63, 3.8) is 0 Å². The van der Waals surface area contributed by atoms with Crippen LogP contribution < -0.4 is 16.0 Å². The molecule has 2 aromatic rings. The molecule has 1 aromatic heterocycles. The number of carbonyl (C=O) groups excluding carboxylic acids is 1. The molecule has 25 heavy (non-hydrogen) atoms. The van der Waals surface area contributed by atoms with Crippen molar-refractivity contribution in [2.45, 2.75) is 19.3 Å². The average molecular weight is 343 g/mol. The van der Waals surface area contributed by atoms with E-state index >= 15 is 0 Å².